The average Bonchev–Trinajstić information content (AvgIpc) is 3.60. The van der Waals surface area contributed by atoms with Gasteiger partial charge in [0, 0.05) is 32.2 Å². The van der Waals surface area contributed by atoms with Crippen molar-refractivity contribution in [3.05, 3.63) is 35.6 Å². The van der Waals surface area contributed by atoms with E-state index in [1.165, 1.54) is 18.9 Å². The van der Waals surface area contributed by atoms with E-state index in [0.717, 1.165) is 41.4 Å². The predicted molar refractivity (Wildman–Crippen MR) is 131 cm³/mol. The summed E-state index contributed by atoms with van der Waals surface area (Å²) in [4.78, 5) is 21.4. The molecule has 0 bridgehead atoms. The number of aromatic nitrogens is 1. The lowest BCUT2D eigenvalue weighted by atomic mass is 10.00. The Kier molecular flexibility index (Phi) is 7.06. The van der Waals surface area contributed by atoms with Gasteiger partial charge >= 0.3 is 6.03 Å². The van der Waals surface area contributed by atoms with Gasteiger partial charge in [0.15, 0.2) is 0 Å². The second-order valence-electron chi connectivity index (χ2n) is 9.63. The van der Waals surface area contributed by atoms with Crippen LogP contribution in [0.3, 0.4) is 0 Å². The van der Waals surface area contributed by atoms with Crippen molar-refractivity contribution in [3.8, 4) is 17.0 Å². The lowest BCUT2D eigenvalue weighted by Gasteiger charge is -2.28. The largest absolute Gasteiger partial charge is 0.475 e. The SMILES string of the molecule is Cc1cc(F)c(NC(=O)N2CC[C@H](C3CC3)C2)cc1-c1cc(OCCO)nc(N2CCOCC2)c1. The highest BCUT2D eigenvalue weighted by Gasteiger charge is 2.37. The molecule has 0 unspecified atom stereocenters. The average molecular weight is 485 g/mol. The van der Waals surface area contributed by atoms with Crippen LogP contribution < -0.4 is 15.0 Å². The Balaban J connectivity index is 1.41. The predicted octanol–water partition coefficient (Wildman–Crippen LogP) is 3.67. The summed E-state index contributed by atoms with van der Waals surface area (Å²) in [6, 6.07) is 6.61. The van der Waals surface area contributed by atoms with E-state index in [1.54, 1.807) is 17.0 Å². The van der Waals surface area contributed by atoms with Crippen LogP contribution in [-0.4, -0.2) is 73.6 Å². The van der Waals surface area contributed by atoms with Crippen LogP contribution in [0.1, 0.15) is 24.8 Å². The van der Waals surface area contributed by atoms with Gasteiger partial charge in [-0.2, -0.15) is 4.98 Å². The zero-order valence-electron chi connectivity index (χ0n) is 20.1. The molecule has 3 fully saturated rings. The molecular formula is C26H33FN4O4. The first-order valence-corrected chi connectivity index (χ1v) is 12.5. The molecular weight excluding hydrogens is 451 g/mol. The van der Waals surface area contributed by atoms with E-state index in [9.17, 15) is 14.3 Å². The number of carbonyl (C=O) groups excluding carboxylic acids is 1. The van der Waals surface area contributed by atoms with Crippen molar-refractivity contribution in [2.24, 2.45) is 11.8 Å². The van der Waals surface area contributed by atoms with Gasteiger partial charge in [-0.1, -0.05) is 0 Å². The number of hydrogen-bond acceptors (Lipinski definition) is 6. The lowest BCUT2D eigenvalue weighted by Crippen LogP contribution is -2.36. The van der Waals surface area contributed by atoms with Crippen LogP contribution in [0.4, 0.5) is 20.7 Å². The van der Waals surface area contributed by atoms with Crippen molar-refractivity contribution < 1.29 is 23.8 Å². The van der Waals surface area contributed by atoms with Crippen LogP contribution in [0.15, 0.2) is 24.3 Å². The maximum absolute atomic E-state index is 14.9. The monoisotopic (exact) mass is 484 g/mol. The highest BCUT2D eigenvalue weighted by Crippen LogP contribution is 2.41. The molecule has 1 aromatic carbocycles. The fourth-order valence-corrected chi connectivity index (χ4v) is 5.02. The number of morpholine rings is 1. The number of rotatable bonds is 7. The topological polar surface area (TPSA) is 87.2 Å². The van der Waals surface area contributed by atoms with Gasteiger partial charge in [-0.05, 0) is 72.9 Å². The fraction of sp³-hybridized carbons (Fsp3) is 0.538. The number of nitrogens with one attached hydrogen (secondary N) is 1. The van der Waals surface area contributed by atoms with Crippen LogP contribution in [0.2, 0.25) is 0 Å². The summed E-state index contributed by atoms with van der Waals surface area (Å²) in [5, 5.41) is 12.0. The molecule has 2 N–H and O–H groups in total. The molecule has 2 amide bonds. The van der Waals surface area contributed by atoms with Crippen molar-refractivity contribution in [2.45, 2.75) is 26.2 Å². The number of benzene rings is 1. The van der Waals surface area contributed by atoms with E-state index in [-0.39, 0.29) is 24.9 Å². The van der Waals surface area contributed by atoms with Gasteiger partial charge in [-0.25, -0.2) is 9.18 Å². The summed E-state index contributed by atoms with van der Waals surface area (Å²) in [5.74, 6) is 1.99. The molecule has 0 radical (unpaired) electrons. The zero-order chi connectivity index (χ0) is 24.4. The Morgan fingerprint density at radius 3 is 2.71 bits per heavy atom. The minimum atomic E-state index is -0.461. The maximum Gasteiger partial charge on any atom is 0.321 e. The third-order valence-electron chi connectivity index (χ3n) is 7.13. The second-order valence-corrected chi connectivity index (χ2v) is 9.63. The summed E-state index contributed by atoms with van der Waals surface area (Å²) >= 11 is 0. The smallest absolute Gasteiger partial charge is 0.321 e. The van der Waals surface area contributed by atoms with E-state index >= 15 is 0 Å². The lowest BCUT2D eigenvalue weighted by molar-refractivity contribution is 0.122. The number of aryl methyl sites for hydroxylation is 1. The molecule has 0 spiro atoms. The molecule has 3 heterocycles. The van der Waals surface area contributed by atoms with Crippen LogP contribution in [0.25, 0.3) is 11.1 Å². The van der Waals surface area contributed by atoms with Crippen LogP contribution >= 0.6 is 0 Å². The van der Waals surface area contributed by atoms with Gasteiger partial charge in [0.1, 0.15) is 18.2 Å². The number of halogens is 1. The van der Waals surface area contributed by atoms with Gasteiger partial charge in [0.05, 0.1) is 25.5 Å². The van der Waals surface area contributed by atoms with Crippen molar-refractivity contribution in [1.82, 2.24) is 9.88 Å². The fourth-order valence-electron chi connectivity index (χ4n) is 5.02. The van der Waals surface area contributed by atoms with Gasteiger partial charge < -0.3 is 29.7 Å². The molecule has 3 aliphatic rings. The van der Waals surface area contributed by atoms with Gasteiger partial charge in [0.25, 0.3) is 0 Å². The highest BCUT2D eigenvalue weighted by atomic mass is 19.1. The number of amides is 2. The summed E-state index contributed by atoms with van der Waals surface area (Å²) < 4.78 is 26.0. The Labute approximate surface area is 205 Å². The number of likely N-dealkylation sites (tertiary alicyclic amines) is 1. The van der Waals surface area contributed by atoms with Gasteiger partial charge in [-0.3, -0.25) is 0 Å². The highest BCUT2D eigenvalue weighted by molar-refractivity contribution is 5.91. The first-order chi connectivity index (χ1) is 17.0. The maximum atomic E-state index is 14.9. The van der Waals surface area contributed by atoms with E-state index in [0.29, 0.717) is 44.6 Å². The van der Waals surface area contributed by atoms with Crippen molar-refractivity contribution in [3.63, 3.8) is 0 Å². The molecule has 2 saturated heterocycles. The molecule has 9 heteroatoms. The Morgan fingerprint density at radius 1 is 1.17 bits per heavy atom. The van der Waals surface area contributed by atoms with E-state index in [2.05, 4.69) is 15.2 Å². The van der Waals surface area contributed by atoms with Crippen molar-refractivity contribution in [2.75, 3.05) is 62.8 Å². The van der Waals surface area contributed by atoms with Crippen LogP contribution in [0.5, 0.6) is 5.88 Å². The quantitative estimate of drug-likeness (QED) is 0.624. The minimum Gasteiger partial charge on any atom is -0.475 e. The number of ether oxygens (including phenoxy) is 2. The third-order valence-corrected chi connectivity index (χ3v) is 7.13. The second kappa shape index (κ2) is 10.4. The number of aliphatic hydroxyl groups excluding tert-OH is 1. The number of pyridine rings is 1. The number of carbonyl (C=O) groups is 1. The summed E-state index contributed by atoms with van der Waals surface area (Å²) in [7, 11) is 0. The summed E-state index contributed by atoms with van der Waals surface area (Å²) in [6.45, 7) is 5.94. The normalized spacial score (nSPS) is 20.3. The van der Waals surface area contributed by atoms with Crippen LogP contribution in [-0.2, 0) is 4.74 Å². The molecule has 1 aromatic heterocycles. The van der Waals surface area contributed by atoms with Crippen LogP contribution in [0, 0.1) is 24.6 Å². The number of aliphatic hydroxyl groups is 1. The van der Waals surface area contributed by atoms with Gasteiger partial charge in [-0.15, -0.1) is 0 Å². The molecule has 1 atom stereocenters. The van der Waals surface area contributed by atoms with E-state index in [4.69, 9.17) is 9.47 Å². The molecule has 2 aromatic rings. The standard InChI is InChI=1S/C26H33FN4O4/c1-17-12-22(27)23(28-26(33)31-5-4-19(16-31)18-2-3-18)15-21(17)20-13-24(30-6-9-34-10-7-30)29-25(14-20)35-11-8-32/h12-15,18-19,32H,2-11,16H2,1H3,(H,28,33)/t19-/m0/s1. The number of hydrogen-bond donors (Lipinski definition) is 2. The Morgan fingerprint density at radius 2 is 1.97 bits per heavy atom. The zero-order valence-corrected chi connectivity index (χ0v) is 20.1. The third kappa shape index (κ3) is 5.51. The first kappa shape index (κ1) is 23.8. The van der Waals surface area contributed by atoms with Crippen molar-refractivity contribution in [1.29, 1.82) is 0 Å². The number of anilines is 2. The van der Waals surface area contributed by atoms with E-state index < -0.39 is 5.82 Å². The number of urea groups is 1. The van der Waals surface area contributed by atoms with Gasteiger partial charge in [0.2, 0.25) is 5.88 Å². The minimum absolute atomic E-state index is 0.122. The molecule has 2 aliphatic heterocycles. The molecule has 188 valence electrons. The summed E-state index contributed by atoms with van der Waals surface area (Å²) in [6.07, 6.45) is 3.55. The molecule has 5 rings (SSSR count). The molecule has 8 nitrogen and oxygen atoms in total. The molecule has 35 heavy (non-hydrogen) atoms. The molecule has 1 saturated carbocycles. The first-order valence-electron chi connectivity index (χ1n) is 12.5. The van der Waals surface area contributed by atoms with Crippen molar-refractivity contribution >= 4 is 17.5 Å². The molecule has 1 aliphatic carbocycles. The summed E-state index contributed by atoms with van der Waals surface area (Å²) in [5.41, 5.74) is 2.48. The van der Waals surface area contributed by atoms with E-state index in [1.807, 2.05) is 13.0 Å². The Bertz CT molecular complexity index is 1070. The Hall–Kier alpha value is -2.91. The number of nitrogens with zero attached hydrogens (tertiary/aromatic N) is 3.